The zero-order valence-electron chi connectivity index (χ0n) is 12.2. The molecule has 0 fully saturated rings. The summed E-state index contributed by atoms with van der Waals surface area (Å²) in [5.74, 6) is 1.40. The van der Waals surface area contributed by atoms with Gasteiger partial charge in [-0.25, -0.2) is 0 Å². The maximum atomic E-state index is 12.0. The molecule has 0 saturated heterocycles. The highest BCUT2D eigenvalue weighted by atomic mass is 32.2. The van der Waals surface area contributed by atoms with Gasteiger partial charge in [-0.05, 0) is 37.1 Å². The Hall–Kier alpha value is -2.02. The highest BCUT2D eigenvalue weighted by Gasteiger charge is 2.16. The lowest BCUT2D eigenvalue weighted by Crippen LogP contribution is -2.14. The van der Waals surface area contributed by atoms with E-state index in [1.165, 1.54) is 18.2 Å². The topological polar surface area (TPSA) is 80.0 Å². The number of phenols is 1. The number of hydrogen-bond acceptors (Lipinski definition) is 5. The Morgan fingerprint density at radius 3 is 2.86 bits per heavy atom. The van der Waals surface area contributed by atoms with Gasteiger partial charge in [0.15, 0.2) is 5.16 Å². The SMILES string of the molecule is O=C(CSc1nnc2n1CCCCC2)Nc1ccc(O)cc1. The van der Waals surface area contributed by atoms with Crippen LogP contribution in [0.1, 0.15) is 25.1 Å². The van der Waals surface area contributed by atoms with E-state index in [1.54, 1.807) is 24.3 Å². The molecule has 0 saturated carbocycles. The number of carbonyl (C=O) groups excluding carboxylic acids is 1. The van der Waals surface area contributed by atoms with E-state index < -0.39 is 0 Å². The largest absolute Gasteiger partial charge is 0.508 e. The Balaban J connectivity index is 1.57. The molecule has 116 valence electrons. The first-order valence-electron chi connectivity index (χ1n) is 7.36. The molecule has 0 atom stereocenters. The zero-order valence-corrected chi connectivity index (χ0v) is 13.0. The molecule has 0 spiro atoms. The minimum absolute atomic E-state index is 0.0957. The number of aromatic nitrogens is 3. The third-order valence-corrected chi connectivity index (χ3v) is 4.53. The van der Waals surface area contributed by atoms with Crippen LogP contribution in [0.5, 0.6) is 5.75 Å². The monoisotopic (exact) mass is 318 g/mol. The number of nitrogens with one attached hydrogen (secondary N) is 1. The molecule has 2 aromatic rings. The predicted octanol–water partition coefficient (Wildman–Crippen LogP) is 2.44. The molecule has 1 amide bonds. The van der Waals surface area contributed by atoms with Gasteiger partial charge >= 0.3 is 0 Å². The molecule has 3 rings (SSSR count). The molecule has 1 aliphatic rings. The summed E-state index contributed by atoms with van der Waals surface area (Å²) in [6.45, 7) is 0.935. The first-order chi connectivity index (χ1) is 10.7. The van der Waals surface area contributed by atoms with Crippen LogP contribution in [0.15, 0.2) is 29.4 Å². The van der Waals surface area contributed by atoms with E-state index in [0.717, 1.165) is 36.8 Å². The van der Waals surface area contributed by atoms with Crippen LogP contribution in [0, 0.1) is 0 Å². The number of hydrogen-bond donors (Lipinski definition) is 2. The standard InChI is InChI=1S/C15H18N4O2S/c20-12-7-5-11(6-8-12)16-14(21)10-22-15-18-17-13-4-2-1-3-9-19(13)15/h5-8,20H,1-4,9-10H2,(H,16,21). The summed E-state index contributed by atoms with van der Waals surface area (Å²) in [4.78, 5) is 12.0. The first-order valence-corrected chi connectivity index (χ1v) is 8.35. The summed E-state index contributed by atoms with van der Waals surface area (Å²) in [6.07, 6.45) is 4.48. The fourth-order valence-electron chi connectivity index (χ4n) is 2.44. The van der Waals surface area contributed by atoms with Crippen molar-refractivity contribution in [2.75, 3.05) is 11.1 Å². The van der Waals surface area contributed by atoms with Crippen molar-refractivity contribution in [3.8, 4) is 5.75 Å². The maximum Gasteiger partial charge on any atom is 0.234 e. The molecule has 0 radical (unpaired) electrons. The Morgan fingerprint density at radius 2 is 2.05 bits per heavy atom. The summed E-state index contributed by atoms with van der Waals surface area (Å²) < 4.78 is 2.13. The Kier molecular flexibility index (Phi) is 4.62. The lowest BCUT2D eigenvalue weighted by molar-refractivity contribution is -0.113. The van der Waals surface area contributed by atoms with Gasteiger partial charge in [-0.1, -0.05) is 18.2 Å². The van der Waals surface area contributed by atoms with Crippen molar-refractivity contribution in [1.29, 1.82) is 0 Å². The number of benzene rings is 1. The van der Waals surface area contributed by atoms with Crippen LogP contribution in [0.3, 0.4) is 0 Å². The van der Waals surface area contributed by atoms with E-state index in [1.807, 2.05) is 0 Å². The van der Waals surface area contributed by atoms with Crippen molar-refractivity contribution in [1.82, 2.24) is 14.8 Å². The van der Waals surface area contributed by atoms with E-state index >= 15 is 0 Å². The fourth-order valence-corrected chi connectivity index (χ4v) is 3.22. The smallest absolute Gasteiger partial charge is 0.234 e. The van der Waals surface area contributed by atoms with Crippen molar-refractivity contribution in [2.24, 2.45) is 0 Å². The number of amides is 1. The molecule has 0 unspecified atom stereocenters. The van der Waals surface area contributed by atoms with Crippen LogP contribution in [-0.2, 0) is 17.8 Å². The zero-order chi connectivity index (χ0) is 15.4. The van der Waals surface area contributed by atoms with Crippen LogP contribution in [0.2, 0.25) is 0 Å². The number of thioether (sulfide) groups is 1. The van der Waals surface area contributed by atoms with Gasteiger partial charge in [0.05, 0.1) is 5.75 Å². The first kappa shape index (κ1) is 14.9. The maximum absolute atomic E-state index is 12.0. The van der Waals surface area contributed by atoms with E-state index in [9.17, 15) is 9.90 Å². The molecule has 0 bridgehead atoms. The van der Waals surface area contributed by atoms with Crippen LogP contribution in [-0.4, -0.2) is 31.5 Å². The molecule has 2 N–H and O–H groups in total. The van der Waals surface area contributed by atoms with Crippen molar-refractivity contribution in [3.05, 3.63) is 30.1 Å². The van der Waals surface area contributed by atoms with Crippen LogP contribution >= 0.6 is 11.8 Å². The highest BCUT2D eigenvalue weighted by Crippen LogP contribution is 2.22. The van der Waals surface area contributed by atoms with Crippen LogP contribution in [0.4, 0.5) is 5.69 Å². The van der Waals surface area contributed by atoms with Gasteiger partial charge in [0.25, 0.3) is 0 Å². The quantitative estimate of drug-likeness (QED) is 0.668. The van der Waals surface area contributed by atoms with E-state index in [-0.39, 0.29) is 11.7 Å². The summed E-state index contributed by atoms with van der Waals surface area (Å²) in [5, 5.41) is 21.2. The molecule has 1 aromatic heterocycles. The summed E-state index contributed by atoms with van der Waals surface area (Å²) in [6, 6.07) is 6.42. The molecule has 1 aromatic carbocycles. The molecule has 0 aliphatic carbocycles. The predicted molar refractivity (Wildman–Crippen MR) is 85.0 cm³/mol. The number of carbonyl (C=O) groups is 1. The van der Waals surface area contributed by atoms with Crippen molar-refractivity contribution in [3.63, 3.8) is 0 Å². The van der Waals surface area contributed by atoms with Gasteiger partial charge in [0, 0.05) is 18.7 Å². The number of aromatic hydroxyl groups is 1. The van der Waals surface area contributed by atoms with Gasteiger partial charge in [0.1, 0.15) is 11.6 Å². The Morgan fingerprint density at radius 1 is 1.23 bits per heavy atom. The molecule has 22 heavy (non-hydrogen) atoms. The average molecular weight is 318 g/mol. The third-order valence-electron chi connectivity index (χ3n) is 3.56. The number of aryl methyl sites for hydroxylation is 1. The second-order valence-electron chi connectivity index (χ2n) is 5.24. The normalized spacial score (nSPS) is 14.2. The van der Waals surface area contributed by atoms with Gasteiger partial charge in [-0.3, -0.25) is 4.79 Å². The fraction of sp³-hybridized carbons (Fsp3) is 0.400. The molecule has 2 heterocycles. The second-order valence-corrected chi connectivity index (χ2v) is 6.19. The minimum atomic E-state index is -0.0957. The van der Waals surface area contributed by atoms with E-state index in [4.69, 9.17) is 0 Å². The summed E-state index contributed by atoms with van der Waals surface area (Å²) >= 11 is 1.41. The van der Waals surface area contributed by atoms with Gasteiger partial charge < -0.3 is 15.0 Å². The molecule has 6 nitrogen and oxygen atoms in total. The Bertz CT molecular complexity index is 654. The number of rotatable bonds is 4. The van der Waals surface area contributed by atoms with Crippen LogP contribution in [0.25, 0.3) is 0 Å². The van der Waals surface area contributed by atoms with Gasteiger partial charge in [0.2, 0.25) is 5.91 Å². The number of phenolic OH excluding ortho intramolecular Hbond substituents is 1. The summed E-state index contributed by atoms with van der Waals surface area (Å²) in [5.41, 5.74) is 0.670. The van der Waals surface area contributed by atoms with Crippen molar-refractivity contribution >= 4 is 23.4 Å². The Labute approximate surface area is 132 Å². The molecule has 1 aliphatic heterocycles. The van der Waals surface area contributed by atoms with Gasteiger partial charge in [-0.2, -0.15) is 0 Å². The molecular formula is C15H18N4O2S. The average Bonchev–Trinajstić information content (AvgIpc) is 2.75. The van der Waals surface area contributed by atoms with E-state index in [2.05, 4.69) is 20.1 Å². The molecular weight excluding hydrogens is 300 g/mol. The van der Waals surface area contributed by atoms with Crippen molar-refractivity contribution in [2.45, 2.75) is 37.4 Å². The third kappa shape index (κ3) is 3.59. The lowest BCUT2D eigenvalue weighted by Gasteiger charge is -2.07. The van der Waals surface area contributed by atoms with E-state index in [0.29, 0.717) is 11.4 Å². The minimum Gasteiger partial charge on any atom is -0.508 e. The van der Waals surface area contributed by atoms with Crippen LogP contribution < -0.4 is 5.32 Å². The molecule has 7 heteroatoms. The second kappa shape index (κ2) is 6.83. The highest BCUT2D eigenvalue weighted by molar-refractivity contribution is 7.99. The number of nitrogens with zero attached hydrogens (tertiary/aromatic N) is 3. The lowest BCUT2D eigenvalue weighted by atomic mass is 10.2. The number of fused-ring (bicyclic) bond motifs is 1. The van der Waals surface area contributed by atoms with Crippen molar-refractivity contribution < 1.29 is 9.90 Å². The summed E-state index contributed by atoms with van der Waals surface area (Å²) in [7, 11) is 0. The number of anilines is 1. The van der Waals surface area contributed by atoms with Gasteiger partial charge in [-0.15, -0.1) is 10.2 Å².